The van der Waals surface area contributed by atoms with Gasteiger partial charge in [0, 0.05) is 11.6 Å². The number of hydrogen-bond donors (Lipinski definition) is 0. The Labute approximate surface area is 140 Å². The SMILES string of the molecule is CC(Sc1nncs1)C(=O)OCc1cc(-c2ccccc2)on1. The molecule has 3 rings (SSSR count). The molecule has 2 aromatic heterocycles. The Kier molecular flexibility index (Phi) is 5.04. The summed E-state index contributed by atoms with van der Waals surface area (Å²) in [4.78, 5) is 12.0. The Hall–Kier alpha value is -2.19. The maximum absolute atomic E-state index is 12.0. The lowest BCUT2D eigenvalue weighted by atomic mass is 10.2. The Morgan fingerprint density at radius 2 is 2.22 bits per heavy atom. The van der Waals surface area contributed by atoms with Crippen molar-refractivity contribution in [2.24, 2.45) is 0 Å². The highest BCUT2D eigenvalue weighted by molar-refractivity contribution is 8.02. The van der Waals surface area contributed by atoms with Crippen LogP contribution in [0, 0.1) is 0 Å². The Morgan fingerprint density at radius 3 is 2.96 bits per heavy atom. The fraction of sp³-hybridized carbons (Fsp3) is 0.200. The second-order valence-corrected chi connectivity index (χ2v) is 7.04. The summed E-state index contributed by atoms with van der Waals surface area (Å²) in [6.07, 6.45) is 0. The molecule has 2 heterocycles. The summed E-state index contributed by atoms with van der Waals surface area (Å²) in [5.41, 5.74) is 3.13. The number of esters is 1. The van der Waals surface area contributed by atoms with Gasteiger partial charge in [0.2, 0.25) is 0 Å². The molecule has 1 unspecified atom stereocenters. The third kappa shape index (κ3) is 4.17. The van der Waals surface area contributed by atoms with E-state index in [4.69, 9.17) is 9.26 Å². The highest BCUT2D eigenvalue weighted by Crippen LogP contribution is 2.25. The van der Waals surface area contributed by atoms with Crippen LogP contribution < -0.4 is 0 Å². The number of thioether (sulfide) groups is 1. The highest BCUT2D eigenvalue weighted by Gasteiger charge is 2.18. The average molecular weight is 347 g/mol. The summed E-state index contributed by atoms with van der Waals surface area (Å²) in [7, 11) is 0. The topological polar surface area (TPSA) is 78.1 Å². The number of aromatic nitrogens is 3. The number of carbonyl (C=O) groups excluding carboxylic acids is 1. The normalized spacial score (nSPS) is 12.0. The zero-order chi connectivity index (χ0) is 16.1. The van der Waals surface area contributed by atoms with Gasteiger partial charge in [-0.25, -0.2) is 0 Å². The standard InChI is InChI=1S/C15H13N3O3S2/c1-10(23-15-17-16-9-22-15)14(19)20-8-12-7-13(21-18-12)11-5-3-2-4-6-11/h2-7,9-10H,8H2,1H3. The van der Waals surface area contributed by atoms with Crippen LogP contribution in [0.5, 0.6) is 0 Å². The molecule has 0 radical (unpaired) electrons. The van der Waals surface area contributed by atoms with Crippen molar-refractivity contribution in [1.29, 1.82) is 0 Å². The second kappa shape index (κ2) is 7.38. The van der Waals surface area contributed by atoms with Crippen molar-refractivity contribution < 1.29 is 14.1 Å². The van der Waals surface area contributed by atoms with E-state index in [0.717, 1.165) is 9.90 Å². The quantitative estimate of drug-likeness (QED) is 0.499. The zero-order valence-electron chi connectivity index (χ0n) is 12.2. The van der Waals surface area contributed by atoms with Crippen LogP contribution in [-0.2, 0) is 16.1 Å². The van der Waals surface area contributed by atoms with Crippen molar-refractivity contribution in [1.82, 2.24) is 15.4 Å². The number of carbonyl (C=O) groups is 1. The molecule has 0 spiro atoms. The Balaban J connectivity index is 1.54. The molecule has 0 amide bonds. The lowest BCUT2D eigenvalue weighted by Gasteiger charge is -2.07. The summed E-state index contributed by atoms with van der Waals surface area (Å²) in [6.45, 7) is 1.85. The first kappa shape index (κ1) is 15.7. The third-order valence-electron chi connectivity index (χ3n) is 2.93. The van der Waals surface area contributed by atoms with E-state index in [1.807, 2.05) is 30.3 Å². The van der Waals surface area contributed by atoms with E-state index < -0.39 is 0 Å². The predicted octanol–water partition coefficient (Wildman–Crippen LogP) is 3.42. The van der Waals surface area contributed by atoms with E-state index in [1.165, 1.54) is 23.1 Å². The predicted molar refractivity (Wildman–Crippen MR) is 87.0 cm³/mol. The molecule has 1 atom stereocenters. The minimum Gasteiger partial charge on any atom is -0.458 e. The molecule has 0 aliphatic carbocycles. The number of benzene rings is 1. The van der Waals surface area contributed by atoms with Crippen LogP contribution >= 0.6 is 23.1 Å². The van der Waals surface area contributed by atoms with E-state index in [-0.39, 0.29) is 17.8 Å². The molecular formula is C15H13N3O3S2. The second-order valence-electron chi connectivity index (χ2n) is 4.62. The lowest BCUT2D eigenvalue weighted by molar-refractivity contribution is -0.144. The van der Waals surface area contributed by atoms with Crippen molar-refractivity contribution in [2.75, 3.05) is 0 Å². The van der Waals surface area contributed by atoms with Crippen LogP contribution in [0.25, 0.3) is 11.3 Å². The lowest BCUT2D eigenvalue weighted by Crippen LogP contribution is -2.16. The van der Waals surface area contributed by atoms with Gasteiger partial charge >= 0.3 is 5.97 Å². The van der Waals surface area contributed by atoms with Crippen LogP contribution in [0.15, 0.2) is 50.8 Å². The van der Waals surface area contributed by atoms with Crippen LogP contribution in [-0.4, -0.2) is 26.6 Å². The molecule has 0 saturated carbocycles. The largest absolute Gasteiger partial charge is 0.458 e. The first-order valence-electron chi connectivity index (χ1n) is 6.83. The summed E-state index contributed by atoms with van der Waals surface area (Å²) in [5, 5.41) is 11.2. The Morgan fingerprint density at radius 1 is 1.39 bits per heavy atom. The van der Waals surface area contributed by atoms with E-state index in [1.54, 1.807) is 18.5 Å². The summed E-state index contributed by atoms with van der Waals surface area (Å²) < 4.78 is 11.3. The van der Waals surface area contributed by atoms with Gasteiger partial charge in [-0.05, 0) is 6.92 Å². The molecule has 0 aliphatic rings. The van der Waals surface area contributed by atoms with Gasteiger partial charge in [0.15, 0.2) is 10.1 Å². The molecule has 6 nitrogen and oxygen atoms in total. The van der Waals surface area contributed by atoms with Gasteiger partial charge < -0.3 is 9.26 Å². The third-order valence-corrected chi connectivity index (χ3v) is 4.82. The molecule has 0 N–H and O–H groups in total. The van der Waals surface area contributed by atoms with Crippen LogP contribution in [0.1, 0.15) is 12.6 Å². The number of nitrogens with zero attached hydrogens (tertiary/aromatic N) is 3. The maximum atomic E-state index is 12.0. The number of ether oxygens (including phenoxy) is 1. The van der Waals surface area contributed by atoms with Crippen LogP contribution in [0.4, 0.5) is 0 Å². The van der Waals surface area contributed by atoms with Crippen LogP contribution in [0.3, 0.4) is 0 Å². The van der Waals surface area contributed by atoms with E-state index in [2.05, 4.69) is 15.4 Å². The summed E-state index contributed by atoms with van der Waals surface area (Å²) in [5.74, 6) is 0.322. The van der Waals surface area contributed by atoms with Gasteiger partial charge in [0.05, 0.1) is 0 Å². The van der Waals surface area contributed by atoms with Crippen LogP contribution in [0.2, 0.25) is 0 Å². The van der Waals surface area contributed by atoms with Gasteiger partial charge in [-0.15, -0.1) is 10.2 Å². The van der Waals surface area contributed by atoms with E-state index in [0.29, 0.717) is 11.5 Å². The number of hydrogen-bond acceptors (Lipinski definition) is 8. The Bertz CT molecular complexity index is 759. The van der Waals surface area contributed by atoms with Gasteiger partial charge in [0.25, 0.3) is 0 Å². The highest BCUT2D eigenvalue weighted by atomic mass is 32.2. The summed E-state index contributed by atoms with van der Waals surface area (Å²) in [6, 6.07) is 11.4. The maximum Gasteiger partial charge on any atom is 0.319 e. The molecule has 23 heavy (non-hydrogen) atoms. The minimum atomic E-state index is -0.358. The molecule has 3 aromatic rings. The molecule has 0 bridgehead atoms. The van der Waals surface area contributed by atoms with Crippen molar-refractivity contribution in [3.8, 4) is 11.3 Å². The monoisotopic (exact) mass is 347 g/mol. The van der Waals surface area contributed by atoms with Crippen molar-refractivity contribution in [3.05, 3.63) is 47.6 Å². The summed E-state index contributed by atoms with van der Waals surface area (Å²) >= 11 is 2.71. The molecule has 1 aromatic carbocycles. The minimum absolute atomic E-state index is 0.0795. The van der Waals surface area contributed by atoms with E-state index in [9.17, 15) is 4.79 Å². The first-order valence-corrected chi connectivity index (χ1v) is 8.59. The van der Waals surface area contributed by atoms with Gasteiger partial charge in [-0.3, -0.25) is 4.79 Å². The van der Waals surface area contributed by atoms with Crippen molar-refractivity contribution in [2.45, 2.75) is 23.1 Å². The molecule has 0 saturated heterocycles. The van der Waals surface area contributed by atoms with Crippen molar-refractivity contribution >= 4 is 29.1 Å². The fourth-order valence-electron chi connectivity index (χ4n) is 1.79. The molecule has 0 fully saturated rings. The van der Waals surface area contributed by atoms with Crippen molar-refractivity contribution in [3.63, 3.8) is 0 Å². The molecule has 8 heteroatoms. The molecule has 0 aliphatic heterocycles. The van der Waals surface area contributed by atoms with Gasteiger partial charge in [0.1, 0.15) is 23.1 Å². The van der Waals surface area contributed by atoms with Gasteiger partial charge in [-0.1, -0.05) is 58.6 Å². The average Bonchev–Trinajstić information content (AvgIpc) is 3.25. The smallest absolute Gasteiger partial charge is 0.319 e. The molecular weight excluding hydrogens is 334 g/mol. The zero-order valence-corrected chi connectivity index (χ0v) is 13.8. The first-order chi connectivity index (χ1) is 11.2. The van der Waals surface area contributed by atoms with E-state index >= 15 is 0 Å². The molecule has 118 valence electrons. The number of rotatable bonds is 6. The fourth-order valence-corrected chi connectivity index (χ4v) is 3.42. The van der Waals surface area contributed by atoms with Gasteiger partial charge in [-0.2, -0.15) is 0 Å².